The molecule has 1 unspecified atom stereocenters. The molecular formula is C11H15N3O2. The summed E-state index contributed by atoms with van der Waals surface area (Å²) in [6.07, 6.45) is 2.62. The normalized spacial score (nSPS) is 19.9. The van der Waals surface area contributed by atoms with Gasteiger partial charge in [0.05, 0.1) is 12.2 Å². The van der Waals surface area contributed by atoms with E-state index >= 15 is 0 Å². The van der Waals surface area contributed by atoms with Gasteiger partial charge >= 0.3 is 0 Å². The average molecular weight is 221 g/mol. The van der Waals surface area contributed by atoms with Crippen molar-refractivity contribution in [3.8, 4) is 0 Å². The molecule has 1 aliphatic heterocycles. The van der Waals surface area contributed by atoms with Crippen molar-refractivity contribution in [2.75, 3.05) is 6.61 Å². The Morgan fingerprint density at radius 2 is 2.56 bits per heavy atom. The first-order valence-electron chi connectivity index (χ1n) is 5.37. The van der Waals surface area contributed by atoms with Crippen LogP contribution in [0.25, 0.3) is 0 Å². The van der Waals surface area contributed by atoms with Crippen LogP contribution in [-0.4, -0.2) is 27.9 Å². The highest BCUT2D eigenvalue weighted by atomic mass is 16.5. The number of carbonyl (C=O) groups is 1. The van der Waals surface area contributed by atoms with E-state index in [0.717, 1.165) is 37.0 Å². The molecule has 86 valence electrons. The van der Waals surface area contributed by atoms with Gasteiger partial charge in [-0.25, -0.2) is 4.68 Å². The standard InChI is InChI=1S/C11H15N3O2/c1-8(2)6-14-11(9(7-15)12-13-14)10-4-3-5-16-10/h7,10H,1,3-6H2,2H3. The Morgan fingerprint density at radius 3 is 3.12 bits per heavy atom. The van der Waals surface area contributed by atoms with E-state index in [4.69, 9.17) is 4.74 Å². The minimum Gasteiger partial charge on any atom is -0.372 e. The number of aldehydes is 1. The molecule has 0 bridgehead atoms. The summed E-state index contributed by atoms with van der Waals surface area (Å²) in [6, 6.07) is 0. The number of hydrogen-bond donors (Lipinski definition) is 0. The van der Waals surface area contributed by atoms with Crippen LogP contribution in [0.5, 0.6) is 0 Å². The number of nitrogens with zero attached hydrogens (tertiary/aromatic N) is 3. The lowest BCUT2D eigenvalue weighted by atomic mass is 10.1. The molecule has 16 heavy (non-hydrogen) atoms. The summed E-state index contributed by atoms with van der Waals surface area (Å²) in [4.78, 5) is 10.9. The lowest BCUT2D eigenvalue weighted by molar-refractivity contribution is 0.101. The molecule has 0 aromatic carbocycles. The fourth-order valence-electron chi connectivity index (χ4n) is 1.91. The summed E-state index contributed by atoms with van der Waals surface area (Å²) >= 11 is 0. The zero-order valence-electron chi connectivity index (χ0n) is 9.35. The van der Waals surface area contributed by atoms with Gasteiger partial charge in [0.15, 0.2) is 12.0 Å². The third-order valence-corrected chi connectivity index (χ3v) is 2.57. The summed E-state index contributed by atoms with van der Waals surface area (Å²) < 4.78 is 7.28. The Hall–Kier alpha value is -1.49. The molecule has 1 aromatic heterocycles. The molecule has 0 amide bonds. The molecule has 0 aliphatic carbocycles. The SMILES string of the molecule is C=C(C)Cn1nnc(C=O)c1C1CCCO1. The van der Waals surface area contributed by atoms with Gasteiger partial charge in [-0.05, 0) is 19.8 Å². The van der Waals surface area contributed by atoms with Crippen LogP contribution in [0.2, 0.25) is 0 Å². The molecule has 5 heteroatoms. The Balaban J connectivity index is 2.33. The first kappa shape index (κ1) is 11.0. The molecule has 0 saturated carbocycles. The molecule has 1 saturated heterocycles. The van der Waals surface area contributed by atoms with Crippen molar-refractivity contribution in [3.05, 3.63) is 23.5 Å². The van der Waals surface area contributed by atoms with Crippen molar-refractivity contribution >= 4 is 6.29 Å². The fraction of sp³-hybridized carbons (Fsp3) is 0.545. The van der Waals surface area contributed by atoms with Gasteiger partial charge < -0.3 is 4.74 Å². The predicted octanol–water partition coefficient (Wildman–Crippen LogP) is 1.52. The molecule has 1 fully saturated rings. The minimum absolute atomic E-state index is 0.0467. The van der Waals surface area contributed by atoms with E-state index in [9.17, 15) is 4.79 Å². The van der Waals surface area contributed by atoms with Gasteiger partial charge in [0.1, 0.15) is 6.10 Å². The van der Waals surface area contributed by atoms with Crippen molar-refractivity contribution < 1.29 is 9.53 Å². The predicted molar refractivity (Wildman–Crippen MR) is 58.2 cm³/mol. The third-order valence-electron chi connectivity index (χ3n) is 2.57. The number of aromatic nitrogens is 3. The molecule has 0 N–H and O–H groups in total. The van der Waals surface area contributed by atoms with Crippen LogP contribution in [0.1, 0.15) is 42.1 Å². The second-order valence-corrected chi connectivity index (χ2v) is 4.09. The molecular weight excluding hydrogens is 206 g/mol. The molecule has 1 aliphatic rings. The van der Waals surface area contributed by atoms with Gasteiger partial charge in [-0.2, -0.15) is 0 Å². The molecule has 0 spiro atoms. The van der Waals surface area contributed by atoms with Crippen molar-refractivity contribution in [2.24, 2.45) is 0 Å². The Labute approximate surface area is 94.1 Å². The van der Waals surface area contributed by atoms with Gasteiger partial charge in [0, 0.05) is 6.61 Å². The average Bonchev–Trinajstić information content (AvgIpc) is 2.84. The van der Waals surface area contributed by atoms with Gasteiger partial charge in [0.2, 0.25) is 0 Å². The molecule has 0 radical (unpaired) electrons. The zero-order chi connectivity index (χ0) is 11.5. The van der Waals surface area contributed by atoms with Crippen LogP contribution in [0, 0.1) is 0 Å². The van der Waals surface area contributed by atoms with Crippen LogP contribution in [0.3, 0.4) is 0 Å². The summed E-state index contributed by atoms with van der Waals surface area (Å²) in [5, 5.41) is 7.82. The Kier molecular flexibility index (Phi) is 3.14. The second kappa shape index (κ2) is 4.57. The molecule has 2 heterocycles. The highest BCUT2D eigenvalue weighted by molar-refractivity contribution is 5.73. The first-order chi connectivity index (χ1) is 7.72. The van der Waals surface area contributed by atoms with Crippen molar-refractivity contribution in [1.82, 2.24) is 15.0 Å². The van der Waals surface area contributed by atoms with Crippen LogP contribution < -0.4 is 0 Å². The second-order valence-electron chi connectivity index (χ2n) is 4.09. The van der Waals surface area contributed by atoms with E-state index in [0.29, 0.717) is 12.2 Å². The van der Waals surface area contributed by atoms with Crippen LogP contribution in [0.4, 0.5) is 0 Å². The monoisotopic (exact) mass is 221 g/mol. The summed E-state index contributed by atoms with van der Waals surface area (Å²) in [6.45, 7) is 7.07. The highest BCUT2D eigenvalue weighted by Gasteiger charge is 2.26. The maximum Gasteiger partial charge on any atom is 0.172 e. The number of rotatable bonds is 4. The lowest BCUT2D eigenvalue weighted by Crippen LogP contribution is -2.11. The fourth-order valence-corrected chi connectivity index (χ4v) is 1.91. The molecule has 2 rings (SSSR count). The number of ether oxygens (including phenoxy) is 1. The molecule has 5 nitrogen and oxygen atoms in total. The van der Waals surface area contributed by atoms with Crippen LogP contribution in [0.15, 0.2) is 12.2 Å². The highest BCUT2D eigenvalue weighted by Crippen LogP contribution is 2.29. The van der Waals surface area contributed by atoms with Crippen LogP contribution in [-0.2, 0) is 11.3 Å². The number of carbonyl (C=O) groups excluding carboxylic acids is 1. The van der Waals surface area contributed by atoms with E-state index in [2.05, 4.69) is 16.9 Å². The topological polar surface area (TPSA) is 57.0 Å². The van der Waals surface area contributed by atoms with Gasteiger partial charge in [-0.3, -0.25) is 4.79 Å². The quantitative estimate of drug-likeness (QED) is 0.571. The van der Waals surface area contributed by atoms with Crippen molar-refractivity contribution in [3.63, 3.8) is 0 Å². The van der Waals surface area contributed by atoms with Crippen molar-refractivity contribution in [1.29, 1.82) is 0 Å². The van der Waals surface area contributed by atoms with E-state index in [1.807, 2.05) is 6.92 Å². The maximum absolute atomic E-state index is 10.9. The van der Waals surface area contributed by atoms with Crippen molar-refractivity contribution in [2.45, 2.75) is 32.4 Å². The molecule has 1 atom stereocenters. The van der Waals surface area contributed by atoms with E-state index in [1.165, 1.54) is 0 Å². The Morgan fingerprint density at radius 1 is 1.75 bits per heavy atom. The number of hydrogen-bond acceptors (Lipinski definition) is 4. The maximum atomic E-state index is 10.9. The minimum atomic E-state index is -0.0467. The van der Waals surface area contributed by atoms with Gasteiger partial charge in [0.25, 0.3) is 0 Å². The molecule has 1 aromatic rings. The third kappa shape index (κ3) is 2.04. The zero-order valence-corrected chi connectivity index (χ0v) is 9.35. The Bertz CT molecular complexity index is 405. The first-order valence-corrected chi connectivity index (χ1v) is 5.37. The smallest absolute Gasteiger partial charge is 0.172 e. The number of allylic oxidation sites excluding steroid dienone is 1. The summed E-state index contributed by atoms with van der Waals surface area (Å²) in [5.74, 6) is 0. The summed E-state index contributed by atoms with van der Waals surface area (Å²) in [5.41, 5.74) is 2.14. The van der Waals surface area contributed by atoms with E-state index < -0.39 is 0 Å². The summed E-state index contributed by atoms with van der Waals surface area (Å²) in [7, 11) is 0. The lowest BCUT2D eigenvalue weighted by Gasteiger charge is -2.12. The largest absolute Gasteiger partial charge is 0.372 e. The van der Waals surface area contributed by atoms with Crippen LogP contribution >= 0.6 is 0 Å². The van der Waals surface area contributed by atoms with E-state index in [1.54, 1.807) is 4.68 Å². The van der Waals surface area contributed by atoms with E-state index in [-0.39, 0.29) is 6.10 Å². The van der Waals surface area contributed by atoms with Gasteiger partial charge in [-0.15, -0.1) is 5.10 Å². The van der Waals surface area contributed by atoms with Gasteiger partial charge in [-0.1, -0.05) is 17.4 Å².